The number of carbonyl (C=O) groups excluding carboxylic acids is 1. The molecule has 0 aliphatic carbocycles. The maximum absolute atomic E-state index is 12.2. The Morgan fingerprint density at radius 3 is 2.45 bits per heavy atom. The second kappa shape index (κ2) is 7.28. The van der Waals surface area contributed by atoms with Gasteiger partial charge in [0, 0.05) is 24.7 Å². The third-order valence-corrected chi connectivity index (χ3v) is 3.37. The lowest BCUT2D eigenvalue weighted by Crippen LogP contribution is -2.31. The first-order valence-electron chi connectivity index (χ1n) is 7.25. The summed E-state index contributed by atoms with van der Waals surface area (Å²) in [4.78, 5) is 13.8. The molecule has 0 saturated heterocycles. The third kappa shape index (κ3) is 3.44. The highest BCUT2D eigenvalue weighted by atomic mass is 16.3. The number of carbonyl (C=O) groups is 1. The maximum Gasteiger partial charge on any atom is 0.264 e. The fourth-order valence-electron chi connectivity index (χ4n) is 2.15. The van der Waals surface area contributed by atoms with Crippen LogP contribution in [0.2, 0.25) is 0 Å². The predicted octanol–water partition coefficient (Wildman–Crippen LogP) is 3.72. The highest BCUT2D eigenvalue weighted by Gasteiger charge is 2.16. The van der Waals surface area contributed by atoms with Crippen LogP contribution < -0.4 is 0 Å². The van der Waals surface area contributed by atoms with E-state index < -0.39 is 0 Å². The average Bonchev–Trinajstić information content (AvgIpc) is 3.03. The number of furan rings is 1. The van der Waals surface area contributed by atoms with Crippen LogP contribution in [0.1, 0.15) is 19.6 Å². The molecule has 0 aliphatic heterocycles. The maximum atomic E-state index is 12.2. The van der Waals surface area contributed by atoms with Gasteiger partial charge in [0.25, 0.3) is 5.91 Å². The monoisotopic (exact) mass is 294 g/mol. The molecule has 0 N–H and O–H groups in total. The van der Waals surface area contributed by atoms with Crippen molar-refractivity contribution in [3.8, 4) is 17.4 Å². The van der Waals surface area contributed by atoms with Gasteiger partial charge in [-0.05, 0) is 26.0 Å². The topological polar surface area (TPSA) is 57.2 Å². The summed E-state index contributed by atoms with van der Waals surface area (Å²) >= 11 is 0. The Balaban J connectivity index is 2.26. The van der Waals surface area contributed by atoms with Gasteiger partial charge in [0.05, 0.1) is 0 Å². The Hall–Kier alpha value is -2.80. The zero-order chi connectivity index (χ0) is 15.9. The van der Waals surface area contributed by atoms with E-state index in [4.69, 9.17) is 4.42 Å². The highest BCUT2D eigenvalue weighted by Crippen LogP contribution is 2.23. The van der Waals surface area contributed by atoms with Crippen LogP contribution in [0.15, 0.2) is 52.5 Å². The zero-order valence-corrected chi connectivity index (χ0v) is 12.7. The van der Waals surface area contributed by atoms with Crippen molar-refractivity contribution in [2.24, 2.45) is 0 Å². The quantitative estimate of drug-likeness (QED) is 0.623. The Bertz CT molecular complexity index is 704. The molecule has 1 heterocycles. The fraction of sp³-hybridized carbons (Fsp3) is 0.222. The molecular weight excluding hydrogens is 276 g/mol. The van der Waals surface area contributed by atoms with Gasteiger partial charge < -0.3 is 9.32 Å². The number of rotatable bonds is 5. The smallest absolute Gasteiger partial charge is 0.264 e. The van der Waals surface area contributed by atoms with E-state index in [9.17, 15) is 10.1 Å². The molecule has 1 aromatic heterocycles. The average molecular weight is 294 g/mol. The van der Waals surface area contributed by atoms with Gasteiger partial charge in [-0.25, -0.2) is 0 Å². The lowest BCUT2D eigenvalue weighted by molar-refractivity contribution is -0.126. The molecule has 4 heteroatoms. The first kappa shape index (κ1) is 15.6. The second-order valence-corrected chi connectivity index (χ2v) is 4.72. The van der Waals surface area contributed by atoms with Crippen molar-refractivity contribution < 1.29 is 9.21 Å². The Labute approximate surface area is 130 Å². The van der Waals surface area contributed by atoms with Gasteiger partial charge >= 0.3 is 0 Å². The van der Waals surface area contributed by atoms with E-state index in [1.165, 1.54) is 6.08 Å². The molecule has 0 radical (unpaired) electrons. The summed E-state index contributed by atoms with van der Waals surface area (Å²) in [5, 5.41) is 9.21. The summed E-state index contributed by atoms with van der Waals surface area (Å²) in [6.07, 6.45) is 1.49. The lowest BCUT2D eigenvalue weighted by Gasteiger charge is -2.17. The van der Waals surface area contributed by atoms with E-state index in [0.717, 1.165) is 5.56 Å². The standard InChI is InChI=1S/C18H18N2O2/c1-3-20(4-2)18(21)15(13-19)12-16-10-11-17(22-16)14-8-6-5-7-9-14/h5-12H,3-4H2,1-2H3/b15-12+. The number of hydrogen-bond donors (Lipinski definition) is 0. The van der Waals surface area contributed by atoms with E-state index in [0.29, 0.717) is 24.6 Å². The molecule has 0 atom stereocenters. The SMILES string of the molecule is CCN(CC)C(=O)/C(C#N)=C/c1ccc(-c2ccccc2)o1. The van der Waals surface area contributed by atoms with E-state index in [2.05, 4.69) is 0 Å². The number of nitrogens with zero attached hydrogens (tertiary/aromatic N) is 2. The Kier molecular flexibility index (Phi) is 5.16. The molecule has 0 bridgehead atoms. The minimum atomic E-state index is -0.273. The van der Waals surface area contributed by atoms with Crippen molar-refractivity contribution in [2.45, 2.75) is 13.8 Å². The normalized spacial score (nSPS) is 11.0. The Morgan fingerprint density at radius 1 is 1.18 bits per heavy atom. The molecule has 2 rings (SSSR count). The van der Waals surface area contributed by atoms with Gasteiger partial charge in [-0.3, -0.25) is 4.79 Å². The first-order valence-corrected chi connectivity index (χ1v) is 7.25. The number of hydrogen-bond acceptors (Lipinski definition) is 3. The van der Waals surface area contributed by atoms with Crippen molar-refractivity contribution in [3.63, 3.8) is 0 Å². The van der Waals surface area contributed by atoms with E-state index >= 15 is 0 Å². The van der Waals surface area contributed by atoms with Gasteiger partial charge in [-0.15, -0.1) is 0 Å². The van der Waals surface area contributed by atoms with Crippen molar-refractivity contribution >= 4 is 12.0 Å². The predicted molar refractivity (Wildman–Crippen MR) is 85.7 cm³/mol. The molecule has 0 fully saturated rings. The summed E-state index contributed by atoms with van der Waals surface area (Å²) in [5.74, 6) is 0.931. The first-order chi connectivity index (χ1) is 10.7. The molecule has 112 valence electrons. The third-order valence-electron chi connectivity index (χ3n) is 3.37. The summed E-state index contributed by atoms with van der Waals surface area (Å²) in [6, 6.07) is 15.2. The number of amides is 1. The highest BCUT2D eigenvalue weighted by molar-refractivity contribution is 6.01. The largest absolute Gasteiger partial charge is 0.457 e. The van der Waals surface area contributed by atoms with E-state index in [1.807, 2.05) is 56.3 Å². The Morgan fingerprint density at radius 2 is 1.86 bits per heavy atom. The van der Waals surface area contributed by atoms with Gasteiger partial charge in [0.1, 0.15) is 23.2 Å². The number of benzene rings is 1. The summed E-state index contributed by atoms with van der Waals surface area (Å²) in [7, 11) is 0. The van der Waals surface area contributed by atoms with Crippen LogP contribution in [-0.4, -0.2) is 23.9 Å². The molecular formula is C18H18N2O2. The van der Waals surface area contributed by atoms with Crippen molar-refractivity contribution in [1.29, 1.82) is 5.26 Å². The van der Waals surface area contributed by atoms with Crippen molar-refractivity contribution in [2.75, 3.05) is 13.1 Å². The molecule has 0 saturated carbocycles. The van der Waals surface area contributed by atoms with E-state index in [1.54, 1.807) is 11.0 Å². The molecule has 4 nitrogen and oxygen atoms in total. The number of likely N-dealkylation sites (N-methyl/N-ethyl adjacent to an activating group) is 1. The fourth-order valence-corrected chi connectivity index (χ4v) is 2.15. The molecule has 1 aromatic carbocycles. The number of nitriles is 1. The van der Waals surface area contributed by atoms with Crippen LogP contribution in [0.3, 0.4) is 0 Å². The van der Waals surface area contributed by atoms with Crippen LogP contribution >= 0.6 is 0 Å². The lowest BCUT2D eigenvalue weighted by atomic mass is 10.2. The summed E-state index contributed by atoms with van der Waals surface area (Å²) < 4.78 is 5.70. The second-order valence-electron chi connectivity index (χ2n) is 4.72. The van der Waals surface area contributed by atoms with E-state index in [-0.39, 0.29) is 11.5 Å². The molecule has 2 aromatic rings. The van der Waals surface area contributed by atoms with Crippen molar-refractivity contribution in [3.05, 3.63) is 53.8 Å². The van der Waals surface area contributed by atoms with Crippen molar-refractivity contribution in [1.82, 2.24) is 4.90 Å². The summed E-state index contributed by atoms with van der Waals surface area (Å²) in [5.41, 5.74) is 1.04. The zero-order valence-electron chi connectivity index (χ0n) is 12.7. The molecule has 0 unspecified atom stereocenters. The molecule has 0 spiro atoms. The summed E-state index contributed by atoms with van der Waals surface area (Å²) in [6.45, 7) is 4.91. The van der Waals surface area contributed by atoms with Gasteiger partial charge in [-0.1, -0.05) is 30.3 Å². The van der Waals surface area contributed by atoms with Crippen LogP contribution in [0.4, 0.5) is 0 Å². The van der Waals surface area contributed by atoms with Crippen LogP contribution in [0.25, 0.3) is 17.4 Å². The van der Waals surface area contributed by atoms with Gasteiger partial charge in [0.15, 0.2) is 0 Å². The molecule has 1 amide bonds. The van der Waals surface area contributed by atoms with Gasteiger partial charge in [-0.2, -0.15) is 5.26 Å². The minimum Gasteiger partial charge on any atom is -0.457 e. The van der Waals surface area contributed by atoms with Gasteiger partial charge in [0.2, 0.25) is 0 Å². The van der Waals surface area contributed by atoms with Crippen LogP contribution in [-0.2, 0) is 4.79 Å². The molecule has 0 aliphatic rings. The minimum absolute atomic E-state index is 0.0812. The van der Waals surface area contributed by atoms with Crippen LogP contribution in [0, 0.1) is 11.3 Å². The molecule has 22 heavy (non-hydrogen) atoms. The van der Waals surface area contributed by atoms with Crippen LogP contribution in [0.5, 0.6) is 0 Å².